The predicted octanol–water partition coefficient (Wildman–Crippen LogP) is 1.55. The van der Waals surface area contributed by atoms with E-state index < -0.39 is 0 Å². The van der Waals surface area contributed by atoms with Gasteiger partial charge in [0.25, 0.3) is 0 Å². The molecule has 10 nitrogen and oxygen atoms in total. The molecule has 4 heterocycles. The minimum absolute atomic E-state index is 0.0217. The van der Waals surface area contributed by atoms with Crippen LogP contribution in [-0.4, -0.2) is 49.6 Å². The first-order valence-corrected chi connectivity index (χ1v) is 10.3. The molecule has 4 aliphatic rings. The summed E-state index contributed by atoms with van der Waals surface area (Å²) in [6.07, 6.45) is 10.5. The molecule has 4 aromatic heterocycles. The van der Waals surface area contributed by atoms with Crippen molar-refractivity contribution >= 4 is 16.7 Å². The van der Waals surface area contributed by atoms with Crippen LogP contribution in [0.25, 0.3) is 16.7 Å². The van der Waals surface area contributed by atoms with Crippen LogP contribution >= 0.6 is 0 Å². The van der Waals surface area contributed by atoms with Gasteiger partial charge in [-0.15, -0.1) is 15.3 Å². The van der Waals surface area contributed by atoms with Gasteiger partial charge in [-0.25, -0.2) is 14.5 Å². The summed E-state index contributed by atoms with van der Waals surface area (Å²) in [6, 6.07) is 0. The number of aromatic nitrogens is 10. The molecule has 148 valence electrons. The Kier molecular flexibility index (Phi) is 2.74. The highest BCUT2D eigenvalue weighted by Crippen LogP contribution is 2.64. The molecule has 0 aromatic carbocycles. The van der Waals surface area contributed by atoms with Gasteiger partial charge >= 0.3 is 0 Å². The van der Waals surface area contributed by atoms with Crippen LogP contribution in [0, 0.1) is 18.8 Å². The van der Waals surface area contributed by atoms with Gasteiger partial charge in [0.05, 0.1) is 17.1 Å². The van der Waals surface area contributed by atoms with E-state index in [2.05, 4.69) is 25.5 Å². The Bertz CT molecular complexity index is 1260. The fraction of sp³-hybridized carbons (Fsp3) is 0.632. The van der Waals surface area contributed by atoms with Gasteiger partial charge in [0, 0.05) is 12.5 Å². The molecule has 4 fully saturated rings. The third-order valence-corrected chi connectivity index (χ3v) is 7.51. The Hall–Kier alpha value is -2.91. The van der Waals surface area contributed by atoms with Crippen LogP contribution < -0.4 is 0 Å². The molecule has 4 bridgehead atoms. The van der Waals surface area contributed by atoms with Crippen LogP contribution in [0.3, 0.4) is 0 Å². The van der Waals surface area contributed by atoms with Crippen molar-refractivity contribution in [1.82, 2.24) is 49.6 Å². The van der Waals surface area contributed by atoms with Gasteiger partial charge in [0.15, 0.2) is 22.9 Å². The molecular weight excluding hydrogens is 368 g/mol. The van der Waals surface area contributed by atoms with E-state index in [1.54, 1.807) is 11.0 Å². The van der Waals surface area contributed by atoms with Crippen molar-refractivity contribution in [1.29, 1.82) is 0 Å². The summed E-state index contributed by atoms with van der Waals surface area (Å²) in [5, 5.41) is 23.5. The van der Waals surface area contributed by atoms with E-state index in [-0.39, 0.29) is 11.0 Å². The van der Waals surface area contributed by atoms with Crippen molar-refractivity contribution in [3.8, 4) is 0 Å². The van der Waals surface area contributed by atoms with Gasteiger partial charge in [-0.05, 0) is 62.5 Å². The highest BCUT2D eigenvalue weighted by Gasteiger charge is 2.61. The zero-order valence-electron chi connectivity index (χ0n) is 16.5. The van der Waals surface area contributed by atoms with Gasteiger partial charge < -0.3 is 0 Å². The van der Waals surface area contributed by atoms with Crippen LogP contribution in [0.5, 0.6) is 0 Å². The van der Waals surface area contributed by atoms with Crippen molar-refractivity contribution in [2.75, 3.05) is 0 Å². The average molecular weight is 390 g/mol. The molecule has 29 heavy (non-hydrogen) atoms. The van der Waals surface area contributed by atoms with Gasteiger partial charge in [-0.3, -0.25) is 4.68 Å². The summed E-state index contributed by atoms with van der Waals surface area (Å²) < 4.78 is 3.60. The second-order valence-corrected chi connectivity index (χ2v) is 9.55. The Morgan fingerprint density at radius 1 is 1.07 bits per heavy atom. The first kappa shape index (κ1) is 15.9. The number of tetrazole rings is 1. The lowest BCUT2D eigenvalue weighted by Crippen LogP contribution is -2.59. The van der Waals surface area contributed by atoms with Crippen LogP contribution in [0.4, 0.5) is 0 Å². The maximum absolute atomic E-state index is 5.07. The molecule has 10 heteroatoms. The summed E-state index contributed by atoms with van der Waals surface area (Å²) in [5.74, 6) is 3.04. The lowest BCUT2D eigenvalue weighted by atomic mass is 9.46. The van der Waals surface area contributed by atoms with Crippen molar-refractivity contribution in [2.24, 2.45) is 18.9 Å². The summed E-state index contributed by atoms with van der Waals surface area (Å²) in [6.45, 7) is 1.91. The molecule has 0 amide bonds. The highest BCUT2D eigenvalue weighted by molar-refractivity contribution is 5.88. The normalized spacial score (nSPS) is 33.3. The van der Waals surface area contributed by atoms with Crippen LogP contribution in [0.1, 0.15) is 50.2 Å². The third kappa shape index (κ3) is 1.99. The van der Waals surface area contributed by atoms with E-state index in [0.29, 0.717) is 11.8 Å². The molecule has 0 saturated heterocycles. The number of hydrogen-bond donors (Lipinski definition) is 0. The number of hydrogen-bond acceptors (Lipinski definition) is 7. The molecule has 0 spiro atoms. The lowest BCUT2D eigenvalue weighted by Gasteiger charge is -2.60. The minimum atomic E-state index is -0.0509. The van der Waals surface area contributed by atoms with Crippen molar-refractivity contribution in [3.63, 3.8) is 0 Å². The molecule has 8 rings (SSSR count). The Labute approximate surface area is 166 Å². The predicted molar refractivity (Wildman–Crippen MR) is 102 cm³/mol. The largest absolute Gasteiger partial charge is 0.250 e. The van der Waals surface area contributed by atoms with E-state index in [1.807, 2.05) is 29.5 Å². The van der Waals surface area contributed by atoms with Crippen LogP contribution in [0.2, 0.25) is 0 Å². The van der Waals surface area contributed by atoms with Crippen LogP contribution in [-0.2, 0) is 18.0 Å². The quantitative estimate of drug-likeness (QED) is 0.511. The van der Waals surface area contributed by atoms with E-state index in [9.17, 15) is 0 Å². The second-order valence-electron chi connectivity index (χ2n) is 9.55. The van der Waals surface area contributed by atoms with E-state index >= 15 is 0 Å². The standard InChI is InChI=1S/C19H22N10/c1-11-23-26-29(24-11)19-6-12-3-13(7-19)5-18(4-12,9-19)17-22-16-14-8-21-27(2)15(14)20-10-28(16)25-17/h8,10,12-13H,3-7,9H2,1-2H3/t12-,13+,18?,19?. The first-order valence-electron chi connectivity index (χ1n) is 10.3. The second kappa shape index (κ2) is 4.98. The molecule has 4 saturated carbocycles. The Balaban J connectivity index is 1.40. The molecule has 4 aliphatic carbocycles. The fourth-order valence-corrected chi connectivity index (χ4v) is 6.86. The summed E-state index contributed by atoms with van der Waals surface area (Å²) in [7, 11) is 1.90. The fourth-order valence-electron chi connectivity index (χ4n) is 6.86. The third-order valence-electron chi connectivity index (χ3n) is 7.51. The molecule has 4 aromatic rings. The summed E-state index contributed by atoms with van der Waals surface area (Å²) >= 11 is 0. The van der Waals surface area contributed by atoms with E-state index in [1.165, 1.54) is 6.42 Å². The molecule has 0 radical (unpaired) electrons. The van der Waals surface area contributed by atoms with Crippen molar-refractivity contribution in [2.45, 2.75) is 56.4 Å². The molecule has 4 atom stereocenters. The van der Waals surface area contributed by atoms with Gasteiger partial charge in [-0.2, -0.15) is 9.90 Å². The van der Waals surface area contributed by atoms with Gasteiger partial charge in [-0.1, -0.05) is 0 Å². The molecular formula is C19H22N10. The van der Waals surface area contributed by atoms with Gasteiger partial charge in [0.2, 0.25) is 0 Å². The molecule has 2 unspecified atom stereocenters. The number of nitrogens with zero attached hydrogens (tertiary/aromatic N) is 10. The highest BCUT2D eigenvalue weighted by atomic mass is 15.6. The van der Waals surface area contributed by atoms with Crippen molar-refractivity contribution in [3.05, 3.63) is 24.2 Å². The number of fused-ring (bicyclic) bond motifs is 3. The smallest absolute Gasteiger partial charge is 0.171 e. The SMILES string of the molecule is Cc1nnn(C23C[C@@H]4C[C@@H](CC(c5nc6c7cnn(C)c7ncn6n5)(C4)C2)C3)n1. The minimum Gasteiger partial charge on any atom is -0.250 e. The zero-order valence-corrected chi connectivity index (χ0v) is 16.5. The number of aryl methyl sites for hydroxylation is 2. The number of rotatable bonds is 2. The zero-order chi connectivity index (χ0) is 19.4. The topological polar surface area (TPSA) is 104 Å². The summed E-state index contributed by atoms with van der Waals surface area (Å²) in [5.41, 5.74) is 1.61. The maximum atomic E-state index is 5.07. The average Bonchev–Trinajstić information content (AvgIpc) is 3.39. The molecule has 0 N–H and O–H groups in total. The summed E-state index contributed by atoms with van der Waals surface area (Å²) in [4.78, 5) is 11.5. The lowest BCUT2D eigenvalue weighted by molar-refractivity contribution is -0.0785. The first-order chi connectivity index (χ1) is 14.0. The maximum Gasteiger partial charge on any atom is 0.171 e. The van der Waals surface area contributed by atoms with Gasteiger partial charge in [0.1, 0.15) is 6.33 Å². The monoisotopic (exact) mass is 390 g/mol. The van der Waals surface area contributed by atoms with Crippen LogP contribution in [0.15, 0.2) is 12.5 Å². The Morgan fingerprint density at radius 2 is 1.90 bits per heavy atom. The molecule has 0 aliphatic heterocycles. The Morgan fingerprint density at radius 3 is 2.66 bits per heavy atom. The van der Waals surface area contributed by atoms with Crippen molar-refractivity contribution < 1.29 is 0 Å². The van der Waals surface area contributed by atoms with E-state index in [4.69, 9.17) is 10.1 Å². The van der Waals surface area contributed by atoms with E-state index in [0.717, 1.165) is 60.4 Å².